The Balaban J connectivity index is 0.00000291. The number of rotatable bonds is 13. The van der Waals surface area contributed by atoms with Crippen molar-refractivity contribution in [1.82, 2.24) is 0 Å². The minimum atomic E-state index is -0.790. The van der Waals surface area contributed by atoms with Crippen LogP contribution in [0, 0.1) is 45.1 Å². The van der Waals surface area contributed by atoms with Crippen LogP contribution in [0.4, 0.5) is 0 Å². The van der Waals surface area contributed by atoms with Crippen LogP contribution in [-0.2, 0) is 58.8 Å². The van der Waals surface area contributed by atoms with Crippen molar-refractivity contribution in [1.29, 1.82) is 0 Å². The SMILES string of the molecule is CCOC(=O)[C@H](N=C(c1ccccc1)c1ccccc1)[C@@H](C[C](=[Cr])O[C@@H]1C[C@H](C)CC[C@H]1C(C)(C)c1ccccc1)c1ccccc1.[C-]#[O+].[C-]#[O+].[C-]#[O+].[C-]#[O+].[C-]#[O+]. The first-order chi connectivity index (χ1) is 27.8. The molecule has 0 aliphatic heterocycles. The Morgan fingerprint density at radius 1 is 0.737 bits per heavy atom. The maximum atomic E-state index is 13.9. The van der Waals surface area contributed by atoms with Crippen LogP contribution in [0.25, 0.3) is 0 Å². The number of carbonyl (C=O) groups excluding carboxylic acids is 1. The van der Waals surface area contributed by atoms with Gasteiger partial charge in [-0.15, -0.1) is 0 Å². The quantitative estimate of drug-likeness (QED) is 0.0575. The topological polar surface area (TPSA) is 147 Å². The molecule has 1 aliphatic rings. The van der Waals surface area contributed by atoms with Gasteiger partial charge in [0.1, 0.15) is 0 Å². The normalized spacial score (nSPS) is 16.1. The molecule has 0 unspecified atom stereocenters. The van der Waals surface area contributed by atoms with Gasteiger partial charge in [0.05, 0.1) is 0 Å². The molecule has 10 heteroatoms. The summed E-state index contributed by atoms with van der Waals surface area (Å²) in [7, 11) is 0. The van der Waals surface area contributed by atoms with Gasteiger partial charge < -0.3 is 0 Å². The van der Waals surface area contributed by atoms with Crippen molar-refractivity contribution in [2.24, 2.45) is 16.8 Å². The number of benzene rings is 4. The van der Waals surface area contributed by atoms with Gasteiger partial charge in [-0.2, -0.15) is 0 Å². The number of ether oxygens (including phenoxy) is 2. The molecule has 4 aromatic carbocycles. The van der Waals surface area contributed by atoms with Crippen molar-refractivity contribution < 1.29 is 53.4 Å². The van der Waals surface area contributed by atoms with E-state index < -0.39 is 6.04 Å². The second kappa shape index (κ2) is 30.2. The number of nitrogens with zero attached hydrogens (tertiary/aromatic N) is 1. The fourth-order valence-electron chi connectivity index (χ4n) is 7.06. The molecular formula is C47H47CrNO8. The van der Waals surface area contributed by atoms with Gasteiger partial charge in [-0.1, -0.05) is 0 Å². The summed E-state index contributed by atoms with van der Waals surface area (Å²) in [5, 5.41) is 0. The molecule has 1 saturated carbocycles. The molecule has 9 nitrogen and oxygen atoms in total. The first-order valence-corrected chi connectivity index (χ1v) is 18.6. The van der Waals surface area contributed by atoms with Gasteiger partial charge in [0.15, 0.2) is 0 Å². The Labute approximate surface area is 345 Å². The van der Waals surface area contributed by atoms with Crippen molar-refractivity contribution in [3.8, 4) is 0 Å². The molecule has 294 valence electrons. The third kappa shape index (κ3) is 16.2. The summed E-state index contributed by atoms with van der Waals surface area (Å²) < 4.78 is 51.0. The fraction of sp³-hybridized carbons (Fsp3) is 0.319. The summed E-state index contributed by atoms with van der Waals surface area (Å²) in [6.45, 7) is 31.7. The number of carbonyl (C=O) groups is 1. The van der Waals surface area contributed by atoms with Crippen molar-refractivity contribution in [3.63, 3.8) is 0 Å². The molecule has 4 aromatic rings. The van der Waals surface area contributed by atoms with Gasteiger partial charge in [0.25, 0.3) is 0 Å². The molecular weight excluding hydrogens is 759 g/mol. The zero-order valence-corrected chi connectivity index (χ0v) is 33.9. The monoisotopic (exact) mass is 805 g/mol. The fourth-order valence-corrected chi connectivity index (χ4v) is 7.53. The van der Waals surface area contributed by atoms with E-state index in [2.05, 4.69) is 112 Å². The summed E-state index contributed by atoms with van der Waals surface area (Å²) in [5.74, 6) is 0.279. The van der Waals surface area contributed by atoms with Crippen LogP contribution in [0.15, 0.2) is 126 Å². The van der Waals surface area contributed by atoms with E-state index in [1.54, 1.807) is 0 Å². The van der Waals surface area contributed by atoms with Crippen LogP contribution in [0.5, 0.6) is 0 Å². The molecule has 1 fully saturated rings. The van der Waals surface area contributed by atoms with Gasteiger partial charge >= 0.3 is 347 Å². The van der Waals surface area contributed by atoms with Crippen LogP contribution in [0.3, 0.4) is 0 Å². The number of aliphatic imine (C=N–C) groups is 1. The van der Waals surface area contributed by atoms with E-state index in [4.69, 9.17) is 37.7 Å². The standard InChI is InChI=1S/C42H47NO3.5CO.Cr/c1-5-45-41(44)40(43-39(33-20-12-7-13-21-33)34-22-14-8-15-23-34)36(32-18-10-6-11-19-32)28-29-46-38-30-31(2)26-27-37(38)42(3,4)35-24-16-9-17-25-35;5*1-2;/h6-25,31,36-38,40H,5,26-28,30H2,1-4H3;;;;;;/t31-,36+,37-,38-,40-;;;;;;/m1....../s1. The summed E-state index contributed by atoms with van der Waals surface area (Å²) in [6.07, 6.45) is 3.84. The molecule has 5 atom stereocenters. The van der Waals surface area contributed by atoms with Crippen LogP contribution < -0.4 is 0 Å². The number of esters is 1. The van der Waals surface area contributed by atoms with E-state index >= 15 is 0 Å². The van der Waals surface area contributed by atoms with Crippen molar-refractivity contribution >= 4 is 16.2 Å². The zero-order valence-electron chi connectivity index (χ0n) is 32.6. The van der Waals surface area contributed by atoms with Gasteiger partial charge in [0, 0.05) is 0 Å². The Morgan fingerprint density at radius 2 is 1.18 bits per heavy atom. The van der Waals surface area contributed by atoms with Crippen LogP contribution in [0.2, 0.25) is 0 Å². The summed E-state index contributed by atoms with van der Waals surface area (Å²) in [5.41, 5.74) is 4.96. The third-order valence-electron chi connectivity index (χ3n) is 9.67. The summed E-state index contributed by atoms with van der Waals surface area (Å²) >= 11 is 3.29. The average molecular weight is 806 g/mol. The van der Waals surface area contributed by atoms with Gasteiger partial charge in [-0.25, -0.2) is 0 Å². The van der Waals surface area contributed by atoms with E-state index in [-0.39, 0.29) is 30.0 Å². The van der Waals surface area contributed by atoms with Crippen molar-refractivity contribution in [2.75, 3.05) is 6.61 Å². The molecule has 0 radical (unpaired) electrons. The second-order valence-corrected chi connectivity index (χ2v) is 14.0. The predicted octanol–water partition coefficient (Wildman–Crippen LogP) is 8.92. The Morgan fingerprint density at radius 3 is 1.63 bits per heavy atom. The first kappa shape index (κ1) is 52.1. The van der Waals surface area contributed by atoms with E-state index in [1.807, 2.05) is 85.8 Å². The third-order valence-corrected chi connectivity index (χ3v) is 10.1. The Bertz CT molecular complexity index is 1780. The molecule has 5 rings (SSSR count). The number of hydrogen-bond acceptors (Lipinski definition) is 4. The van der Waals surface area contributed by atoms with E-state index in [0.29, 0.717) is 18.3 Å². The maximum absolute atomic E-state index is 13.9. The van der Waals surface area contributed by atoms with E-state index in [1.165, 1.54) is 12.0 Å². The molecule has 0 N–H and O–H groups in total. The predicted molar refractivity (Wildman–Crippen MR) is 208 cm³/mol. The first-order valence-electron chi connectivity index (χ1n) is 17.9. The molecule has 0 bridgehead atoms. The molecule has 0 heterocycles. The summed E-state index contributed by atoms with van der Waals surface area (Å²) in [6, 6.07) is 40.4. The second-order valence-electron chi connectivity index (χ2n) is 13.3. The van der Waals surface area contributed by atoms with Gasteiger partial charge in [-0.3, -0.25) is 0 Å². The zero-order chi connectivity index (χ0) is 43.2. The van der Waals surface area contributed by atoms with Gasteiger partial charge in [0.2, 0.25) is 0 Å². The van der Waals surface area contributed by atoms with Crippen molar-refractivity contribution in [3.05, 3.63) is 177 Å². The summed E-state index contributed by atoms with van der Waals surface area (Å²) in [4.78, 5) is 19.2. The van der Waals surface area contributed by atoms with E-state index in [0.717, 1.165) is 39.8 Å². The minimum absolute atomic E-state index is 0.0513. The number of hydrogen-bond donors (Lipinski definition) is 0. The Kier molecular flexibility index (Phi) is 27.6. The van der Waals surface area contributed by atoms with E-state index in [9.17, 15) is 4.79 Å². The molecule has 57 heavy (non-hydrogen) atoms. The molecule has 0 saturated heterocycles. The van der Waals surface area contributed by atoms with Crippen LogP contribution in [0.1, 0.15) is 81.5 Å². The average Bonchev–Trinajstić information content (AvgIpc) is 3.28. The van der Waals surface area contributed by atoms with Crippen LogP contribution >= 0.6 is 0 Å². The molecule has 0 aromatic heterocycles. The molecule has 0 spiro atoms. The van der Waals surface area contributed by atoms with Crippen LogP contribution in [-0.4, -0.2) is 35.0 Å². The Hall–Kier alpha value is -4.92. The van der Waals surface area contributed by atoms with Crippen molar-refractivity contribution in [2.45, 2.75) is 76.9 Å². The molecule has 0 amide bonds. The molecule has 1 aliphatic carbocycles. The van der Waals surface area contributed by atoms with Gasteiger partial charge in [-0.05, 0) is 0 Å².